The van der Waals surface area contributed by atoms with Crippen LogP contribution in [-0.2, 0) is 4.74 Å². The Labute approximate surface area is 158 Å². The highest BCUT2D eigenvalue weighted by molar-refractivity contribution is 5.94. The average molecular weight is 368 g/mol. The number of carbonyl (C=O) groups is 1. The normalized spacial score (nSPS) is 11.0. The van der Waals surface area contributed by atoms with E-state index >= 15 is 0 Å². The van der Waals surface area contributed by atoms with E-state index in [1.165, 1.54) is 7.11 Å². The zero-order valence-electron chi connectivity index (χ0n) is 16.0. The van der Waals surface area contributed by atoms with Crippen molar-refractivity contribution in [1.82, 2.24) is 9.97 Å². The van der Waals surface area contributed by atoms with E-state index in [0.717, 1.165) is 23.0 Å². The van der Waals surface area contributed by atoms with Crippen LogP contribution in [0.5, 0.6) is 11.5 Å². The molecule has 6 nitrogen and oxygen atoms in total. The highest BCUT2D eigenvalue weighted by atomic mass is 16.5. The largest absolute Gasteiger partial charge is 0.493 e. The van der Waals surface area contributed by atoms with Crippen LogP contribution in [0.1, 0.15) is 30.6 Å². The molecule has 3 aromatic rings. The number of methoxy groups -OCH3 is 2. The molecule has 0 bridgehead atoms. The summed E-state index contributed by atoms with van der Waals surface area (Å²) in [5, 5.41) is 0. The second kappa shape index (κ2) is 8.12. The first-order chi connectivity index (χ1) is 13.0. The smallest absolute Gasteiger partial charge is 0.337 e. The zero-order valence-corrected chi connectivity index (χ0v) is 16.0. The molecule has 27 heavy (non-hydrogen) atoms. The van der Waals surface area contributed by atoms with Crippen molar-refractivity contribution in [3.63, 3.8) is 0 Å². The van der Waals surface area contributed by atoms with E-state index in [1.54, 1.807) is 25.3 Å². The number of nitrogens with one attached hydrogen (secondary N) is 1. The van der Waals surface area contributed by atoms with Crippen molar-refractivity contribution in [3.05, 3.63) is 42.0 Å². The summed E-state index contributed by atoms with van der Waals surface area (Å²) < 4.78 is 16.1. The van der Waals surface area contributed by atoms with Gasteiger partial charge in [0.25, 0.3) is 0 Å². The van der Waals surface area contributed by atoms with Crippen LogP contribution >= 0.6 is 0 Å². The third-order valence-corrected chi connectivity index (χ3v) is 4.29. The number of ether oxygens (including phenoxy) is 3. The summed E-state index contributed by atoms with van der Waals surface area (Å²) in [5.74, 6) is 2.27. The lowest BCUT2D eigenvalue weighted by atomic mass is 10.1. The molecular formula is C21H24N2O4. The summed E-state index contributed by atoms with van der Waals surface area (Å²) in [4.78, 5) is 19.5. The molecule has 1 aromatic heterocycles. The molecule has 0 saturated heterocycles. The Hall–Kier alpha value is -3.02. The van der Waals surface area contributed by atoms with Crippen molar-refractivity contribution < 1.29 is 19.0 Å². The summed E-state index contributed by atoms with van der Waals surface area (Å²) in [6.45, 7) is 4.97. The van der Waals surface area contributed by atoms with Crippen LogP contribution in [0.15, 0.2) is 36.4 Å². The number of benzene rings is 2. The third kappa shape index (κ3) is 4.22. The second-order valence-electron chi connectivity index (χ2n) is 6.71. The molecule has 3 rings (SSSR count). The second-order valence-corrected chi connectivity index (χ2v) is 6.71. The van der Waals surface area contributed by atoms with Crippen LogP contribution in [0, 0.1) is 5.92 Å². The van der Waals surface area contributed by atoms with Crippen molar-refractivity contribution in [2.45, 2.75) is 20.3 Å². The number of imidazole rings is 1. The molecule has 0 radical (unpaired) electrons. The van der Waals surface area contributed by atoms with Gasteiger partial charge in [-0.25, -0.2) is 9.78 Å². The molecule has 6 heteroatoms. The summed E-state index contributed by atoms with van der Waals surface area (Å²) >= 11 is 0. The first-order valence-corrected chi connectivity index (χ1v) is 8.91. The topological polar surface area (TPSA) is 73.4 Å². The van der Waals surface area contributed by atoms with Crippen LogP contribution in [0.3, 0.4) is 0 Å². The molecule has 1 N–H and O–H groups in total. The monoisotopic (exact) mass is 368 g/mol. The molecule has 0 aliphatic carbocycles. The Morgan fingerprint density at radius 1 is 1.11 bits per heavy atom. The number of fused-ring (bicyclic) bond motifs is 1. The van der Waals surface area contributed by atoms with Crippen LogP contribution in [0.4, 0.5) is 0 Å². The van der Waals surface area contributed by atoms with Crippen LogP contribution < -0.4 is 9.47 Å². The van der Waals surface area contributed by atoms with Gasteiger partial charge in [-0.3, -0.25) is 0 Å². The Bertz CT molecular complexity index is 947. The molecule has 0 atom stereocenters. The minimum Gasteiger partial charge on any atom is -0.493 e. The van der Waals surface area contributed by atoms with Gasteiger partial charge in [0.2, 0.25) is 0 Å². The van der Waals surface area contributed by atoms with Gasteiger partial charge in [-0.15, -0.1) is 0 Å². The average Bonchev–Trinajstić information content (AvgIpc) is 3.10. The van der Waals surface area contributed by atoms with E-state index < -0.39 is 0 Å². The van der Waals surface area contributed by atoms with Gasteiger partial charge in [0.1, 0.15) is 5.82 Å². The van der Waals surface area contributed by atoms with Crippen LogP contribution in [-0.4, -0.2) is 36.8 Å². The van der Waals surface area contributed by atoms with E-state index in [1.807, 2.05) is 18.2 Å². The van der Waals surface area contributed by atoms with Crippen molar-refractivity contribution >= 4 is 17.0 Å². The van der Waals surface area contributed by atoms with Gasteiger partial charge >= 0.3 is 5.97 Å². The summed E-state index contributed by atoms with van der Waals surface area (Å²) in [6, 6.07) is 10.9. The lowest BCUT2D eigenvalue weighted by Crippen LogP contribution is -2.02. The molecular weight excluding hydrogens is 344 g/mol. The number of esters is 1. The Morgan fingerprint density at radius 2 is 1.93 bits per heavy atom. The molecule has 1 heterocycles. The van der Waals surface area contributed by atoms with Gasteiger partial charge in [-0.2, -0.15) is 0 Å². The fraction of sp³-hybridized carbons (Fsp3) is 0.333. The van der Waals surface area contributed by atoms with Gasteiger partial charge in [0.15, 0.2) is 11.5 Å². The minimum atomic E-state index is -0.377. The summed E-state index contributed by atoms with van der Waals surface area (Å²) in [6.07, 6.45) is 0.983. The Balaban J connectivity index is 1.88. The fourth-order valence-corrected chi connectivity index (χ4v) is 2.73. The molecule has 0 amide bonds. The molecule has 0 spiro atoms. The van der Waals surface area contributed by atoms with Crippen LogP contribution in [0.2, 0.25) is 0 Å². The first kappa shape index (κ1) is 18.8. The number of carbonyl (C=O) groups excluding carboxylic acids is 1. The van der Waals surface area contributed by atoms with E-state index in [0.29, 0.717) is 35.4 Å². The Kier molecular flexibility index (Phi) is 5.64. The maximum absolute atomic E-state index is 11.7. The van der Waals surface area contributed by atoms with Crippen molar-refractivity contribution in [2.24, 2.45) is 5.92 Å². The number of aromatic nitrogens is 2. The van der Waals surface area contributed by atoms with E-state index in [-0.39, 0.29) is 5.97 Å². The van der Waals surface area contributed by atoms with Gasteiger partial charge < -0.3 is 19.2 Å². The number of rotatable bonds is 7. The molecule has 0 fully saturated rings. The maximum Gasteiger partial charge on any atom is 0.337 e. The minimum absolute atomic E-state index is 0.377. The first-order valence-electron chi connectivity index (χ1n) is 8.91. The lowest BCUT2D eigenvalue weighted by Gasteiger charge is -2.12. The molecule has 0 aliphatic heterocycles. The van der Waals surface area contributed by atoms with E-state index in [2.05, 4.69) is 23.8 Å². The number of hydrogen-bond donors (Lipinski definition) is 1. The lowest BCUT2D eigenvalue weighted by molar-refractivity contribution is 0.0601. The van der Waals surface area contributed by atoms with Gasteiger partial charge in [-0.05, 0) is 48.7 Å². The molecule has 0 aliphatic rings. The fourth-order valence-electron chi connectivity index (χ4n) is 2.73. The van der Waals surface area contributed by atoms with E-state index in [9.17, 15) is 4.79 Å². The maximum atomic E-state index is 11.7. The van der Waals surface area contributed by atoms with Crippen molar-refractivity contribution in [2.75, 3.05) is 20.8 Å². The molecule has 2 aromatic carbocycles. The van der Waals surface area contributed by atoms with Gasteiger partial charge in [0.05, 0.1) is 37.4 Å². The van der Waals surface area contributed by atoms with E-state index in [4.69, 9.17) is 14.2 Å². The summed E-state index contributed by atoms with van der Waals surface area (Å²) in [7, 11) is 2.98. The number of aromatic amines is 1. The highest BCUT2D eigenvalue weighted by Crippen LogP contribution is 2.32. The Morgan fingerprint density at radius 3 is 2.63 bits per heavy atom. The number of hydrogen-bond acceptors (Lipinski definition) is 5. The molecule has 142 valence electrons. The predicted molar refractivity (Wildman–Crippen MR) is 104 cm³/mol. The van der Waals surface area contributed by atoms with Gasteiger partial charge in [-0.1, -0.05) is 13.8 Å². The number of H-pyrrole nitrogens is 1. The molecule has 0 unspecified atom stereocenters. The van der Waals surface area contributed by atoms with Gasteiger partial charge in [0, 0.05) is 5.56 Å². The van der Waals surface area contributed by atoms with Crippen molar-refractivity contribution in [3.8, 4) is 22.9 Å². The number of nitrogens with zero attached hydrogens (tertiary/aromatic N) is 1. The molecule has 0 saturated carbocycles. The summed E-state index contributed by atoms with van der Waals surface area (Å²) in [5.41, 5.74) is 2.89. The zero-order chi connectivity index (χ0) is 19.4. The standard InChI is InChI=1S/C21H24N2O4/c1-13(2)9-10-27-18-8-6-14(12-19(18)25-3)20-22-16-7-5-15(21(24)26-4)11-17(16)23-20/h5-8,11-13H,9-10H2,1-4H3,(H,22,23). The highest BCUT2D eigenvalue weighted by Gasteiger charge is 2.12. The predicted octanol–water partition coefficient (Wildman–Crippen LogP) is 4.45. The van der Waals surface area contributed by atoms with Crippen molar-refractivity contribution in [1.29, 1.82) is 0 Å². The SMILES string of the molecule is COC(=O)c1ccc2nc(-c3ccc(OCCC(C)C)c(OC)c3)[nH]c2c1. The quantitative estimate of drug-likeness (QED) is 0.624. The third-order valence-electron chi connectivity index (χ3n) is 4.29. The van der Waals surface area contributed by atoms with Crippen LogP contribution in [0.25, 0.3) is 22.4 Å².